The Morgan fingerprint density at radius 3 is 2.36 bits per heavy atom. The lowest BCUT2D eigenvalue weighted by atomic mass is 10.2. The van der Waals surface area contributed by atoms with Gasteiger partial charge in [0.1, 0.15) is 12.1 Å². The number of anilines is 2. The lowest BCUT2D eigenvalue weighted by molar-refractivity contribution is -0.115. The Kier molecular flexibility index (Phi) is 7.65. The summed E-state index contributed by atoms with van der Waals surface area (Å²) >= 11 is 0. The van der Waals surface area contributed by atoms with E-state index in [1.807, 2.05) is 6.92 Å². The fourth-order valence-electron chi connectivity index (χ4n) is 1.76. The number of nitrogens with one attached hydrogen (secondary N) is 3. The van der Waals surface area contributed by atoms with E-state index in [1.165, 1.54) is 6.08 Å². The summed E-state index contributed by atoms with van der Waals surface area (Å²) in [5.41, 5.74) is 0.441. The SMILES string of the molecule is CC/C=C/C(=O)Nc1cccc(NC(=O)CNC(=O)OC(C)(C)C)c1. The molecular weight excluding hydrogens is 322 g/mol. The summed E-state index contributed by atoms with van der Waals surface area (Å²) in [5.74, 6) is -0.642. The quantitative estimate of drug-likeness (QED) is 0.689. The van der Waals surface area contributed by atoms with Crippen molar-refractivity contribution in [3.05, 3.63) is 36.4 Å². The van der Waals surface area contributed by atoms with Gasteiger partial charge < -0.3 is 20.7 Å². The maximum Gasteiger partial charge on any atom is 0.408 e. The van der Waals surface area contributed by atoms with Gasteiger partial charge in [-0.15, -0.1) is 0 Å². The Bertz CT molecular complexity index is 648. The number of hydrogen-bond donors (Lipinski definition) is 3. The Morgan fingerprint density at radius 1 is 1.12 bits per heavy atom. The van der Waals surface area contributed by atoms with Crippen LogP contribution in [0.1, 0.15) is 34.1 Å². The first-order valence-corrected chi connectivity index (χ1v) is 8.04. The number of amides is 3. The van der Waals surface area contributed by atoms with Crippen LogP contribution < -0.4 is 16.0 Å². The zero-order valence-electron chi connectivity index (χ0n) is 15.0. The summed E-state index contributed by atoms with van der Waals surface area (Å²) in [6, 6.07) is 6.73. The molecule has 3 amide bonds. The van der Waals surface area contributed by atoms with Crippen LogP contribution >= 0.6 is 0 Å². The second-order valence-electron chi connectivity index (χ2n) is 6.28. The van der Waals surface area contributed by atoms with Crippen LogP contribution in [0.3, 0.4) is 0 Å². The van der Waals surface area contributed by atoms with E-state index in [0.29, 0.717) is 11.4 Å². The van der Waals surface area contributed by atoms with Crippen molar-refractivity contribution in [3.63, 3.8) is 0 Å². The van der Waals surface area contributed by atoms with Gasteiger partial charge in [-0.1, -0.05) is 19.1 Å². The van der Waals surface area contributed by atoms with E-state index in [-0.39, 0.29) is 12.5 Å². The van der Waals surface area contributed by atoms with Crippen molar-refractivity contribution in [1.29, 1.82) is 0 Å². The van der Waals surface area contributed by atoms with E-state index in [1.54, 1.807) is 51.1 Å². The average Bonchev–Trinajstić information content (AvgIpc) is 2.49. The second-order valence-corrected chi connectivity index (χ2v) is 6.28. The predicted octanol–water partition coefficient (Wildman–Crippen LogP) is 3.05. The molecule has 136 valence electrons. The molecule has 0 unspecified atom stereocenters. The average molecular weight is 347 g/mol. The van der Waals surface area contributed by atoms with E-state index in [0.717, 1.165) is 6.42 Å². The molecule has 25 heavy (non-hydrogen) atoms. The number of hydrogen-bond acceptors (Lipinski definition) is 4. The number of carbonyl (C=O) groups is 3. The highest BCUT2D eigenvalue weighted by Crippen LogP contribution is 2.15. The Balaban J connectivity index is 2.52. The number of allylic oxidation sites excluding steroid dienone is 1. The topological polar surface area (TPSA) is 96.5 Å². The Hall–Kier alpha value is -2.83. The molecule has 0 heterocycles. The molecule has 0 atom stereocenters. The normalized spacial score (nSPS) is 11.0. The van der Waals surface area contributed by atoms with Crippen LogP contribution in [0.5, 0.6) is 0 Å². The third kappa shape index (κ3) is 9.14. The Morgan fingerprint density at radius 2 is 1.76 bits per heavy atom. The zero-order chi connectivity index (χ0) is 18.9. The van der Waals surface area contributed by atoms with Gasteiger partial charge in [-0.3, -0.25) is 9.59 Å². The maximum atomic E-state index is 11.9. The summed E-state index contributed by atoms with van der Waals surface area (Å²) < 4.78 is 5.05. The van der Waals surface area contributed by atoms with Crippen molar-refractivity contribution in [2.45, 2.75) is 39.7 Å². The van der Waals surface area contributed by atoms with Gasteiger partial charge in [0.25, 0.3) is 0 Å². The van der Waals surface area contributed by atoms with Crippen LogP contribution in [0, 0.1) is 0 Å². The molecule has 0 saturated carbocycles. The lowest BCUT2D eigenvalue weighted by Crippen LogP contribution is -2.37. The van der Waals surface area contributed by atoms with Crippen molar-refractivity contribution in [2.24, 2.45) is 0 Å². The van der Waals surface area contributed by atoms with Gasteiger partial charge in [0.15, 0.2) is 0 Å². The van der Waals surface area contributed by atoms with Gasteiger partial charge in [0, 0.05) is 11.4 Å². The maximum absolute atomic E-state index is 11.9. The molecule has 0 fully saturated rings. The summed E-state index contributed by atoms with van der Waals surface area (Å²) in [7, 11) is 0. The number of carbonyl (C=O) groups excluding carboxylic acids is 3. The Labute approximate surface area is 147 Å². The highest BCUT2D eigenvalue weighted by molar-refractivity contribution is 6.00. The highest BCUT2D eigenvalue weighted by Gasteiger charge is 2.16. The highest BCUT2D eigenvalue weighted by atomic mass is 16.6. The third-order valence-electron chi connectivity index (χ3n) is 2.71. The lowest BCUT2D eigenvalue weighted by Gasteiger charge is -2.19. The minimum Gasteiger partial charge on any atom is -0.444 e. The summed E-state index contributed by atoms with van der Waals surface area (Å²) in [6.07, 6.45) is 3.32. The van der Waals surface area contributed by atoms with Gasteiger partial charge in [0.05, 0.1) is 0 Å². The molecule has 0 aliphatic heterocycles. The third-order valence-corrected chi connectivity index (χ3v) is 2.71. The fourth-order valence-corrected chi connectivity index (χ4v) is 1.76. The predicted molar refractivity (Wildman–Crippen MR) is 97.4 cm³/mol. The van der Waals surface area contributed by atoms with Crippen molar-refractivity contribution < 1.29 is 19.1 Å². The van der Waals surface area contributed by atoms with Crippen LogP contribution in [0.25, 0.3) is 0 Å². The molecule has 7 nitrogen and oxygen atoms in total. The van der Waals surface area contributed by atoms with Crippen molar-refractivity contribution in [1.82, 2.24) is 5.32 Å². The second kappa shape index (κ2) is 9.46. The molecule has 1 aromatic carbocycles. The molecule has 0 radical (unpaired) electrons. The first-order chi connectivity index (χ1) is 11.7. The minimum atomic E-state index is -0.661. The molecule has 0 aliphatic carbocycles. The van der Waals surface area contributed by atoms with E-state index >= 15 is 0 Å². The number of benzene rings is 1. The summed E-state index contributed by atoms with van der Waals surface area (Å²) in [5, 5.41) is 7.72. The van der Waals surface area contributed by atoms with Gasteiger partial charge in [-0.25, -0.2) is 4.79 Å². The van der Waals surface area contributed by atoms with Crippen molar-refractivity contribution in [3.8, 4) is 0 Å². The van der Waals surface area contributed by atoms with Crippen LogP contribution in [0.15, 0.2) is 36.4 Å². The first-order valence-electron chi connectivity index (χ1n) is 8.04. The first kappa shape index (κ1) is 20.2. The van der Waals surface area contributed by atoms with E-state index in [4.69, 9.17) is 4.74 Å². The molecule has 0 spiro atoms. The number of rotatable bonds is 6. The number of ether oxygens (including phenoxy) is 1. The molecule has 1 aromatic rings. The van der Waals surface area contributed by atoms with Gasteiger partial charge in [0.2, 0.25) is 11.8 Å². The molecule has 7 heteroatoms. The molecule has 0 aliphatic rings. The van der Waals surface area contributed by atoms with Gasteiger partial charge >= 0.3 is 6.09 Å². The molecule has 0 aromatic heterocycles. The van der Waals surface area contributed by atoms with E-state index < -0.39 is 17.6 Å². The molecule has 0 saturated heterocycles. The minimum absolute atomic E-state index is 0.218. The van der Waals surface area contributed by atoms with Gasteiger partial charge in [-0.2, -0.15) is 0 Å². The summed E-state index contributed by atoms with van der Waals surface area (Å²) in [6.45, 7) is 6.93. The standard InChI is InChI=1S/C18H25N3O4/c1-5-6-10-15(22)20-13-8-7-9-14(11-13)21-16(23)12-19-17(24)25-18(2,3)4/h6-11H,5,12H2,1-4H3,(H,19,24)(H,20,22)(H,21,23)/b10-6+. The fraction of sp³-hybridized carbons (Fsp3) is 0.389. The van der Waals surface area contributed by atoms with Crippen LogP contribution in [0.2, 0.25) is 0 Å². The molecule has 1 rings (SSSR count). The van der Waals surface area contributed by atoms with Crippen LogP contribution in [0.4, 0.5) is 16.2 Å². The number of alkyl carbamates (subject to hydrolysis) is 1. The molecular formula is C18H25N3O4. The summed E-state index contributed by atoms with van der Waals surface area (Å²) in [4.78, 5) is 35.0. The zero-order valence-corrected chi connectivity index (χ0v) is 15.0. The van der Waals surface area contributed by atoms with Gasteiger partial charge in [-0.05, 0) is 51.5 Å². The van der Waals surface area contributed by atoms with Crippen LogP contribution in [-0.4, -0.2) is 30.1 Å². The van der Waals surface area contributed by atoms with E-state index in [2.05, 4.69) is 16.0 Å². The smallest absolute Gasteiger partial charge is 0.408 e. The monoisotopic (exact) mass is 347 g/mol. The van der Waals surface area contributed by atoms with Crippen LogP contribution in [-0.2, 0) is 14.3 Å². The molecule has 0 bridgehead atoms. The molecule has 3 N–H and O–H groups in total. The van der Waals surface area contributed by atoms with E-state index in [9.17, 15) is 14.4 Å². The van der Waals surface area contributed by atoms with Crippen molar-refractivity contribution in [2.75, 3.05) is 17.2 Å². The van der Waals surface area contributed by atoms with Crippen molar-refractivity contribution >= 4 is 29.3 Å². The largest absolute Gasteiger partial charge is 0.444 e.